The average Bonchev–Trinajstić information content (AvgIpc) is 2.73. The number of hydrogen-bond donors (Lipinski definition) is 1. The topological polar surface area (TPSA) is 81.0 Å². The number of aromatic nitrogens is 2. The number of nitro groups is 1. The number of hydrogen-bond acceptors (Lipinski definition) is 6. The van der Waals surface area contributed by atoms with Crippen LogP contribution in [0.2, 0.25) is 0 Å². The third kappa shape index (κ3) is 2.76. The van der Waals surface area contributed by atoms with Gasteiger partial charge in [0.15, 0.2) is 0 Å². The second-order valence-corrected chi connectivity index (χ2v) is 4.65. The molecular formula is C10H10N4O2S. The Labute approximate surface area is 102 Å². The maximum absolute atomic E-state index is 10.8. The molecular weight excluding hydrogens is 240 g/mol. The summed E-state index contributed by atoms with van der Waals surface area (Å²) in [6.07, 6.45) is 3.27. The highest BCUT2D eigenvalue weighted by Gasteiger charge is 2.13. The zero-order valence-electron chi connectivity index (χ0n) is 9.08. The van der Waals surface area contributed by atoms with Crippen LogP contribution >= 0.6 is 11.3 Å². The van der Waals surface area contributed by atoms with E-state index in [4.69, 9.17) is 0 Å². The molecule has 0 bridgehead atoms. The number of aryl methyl sites for hydroxylation is 1. The molecule has 0 unspecified atom stereocenters. The van der Waals surface area contributed by atoms with Crippen molar-refractivity contribution in [1.29, 1.82) is 0 Å². The van der Waals surface area contributed by atoms with Gasteiger partial charge in [0.1, 0.15) is 0 Å². The van der Waals surface area contributed by atoms with E-state index in [0.29, 0.717) is 6.54 Å². The molecule has 0 aromatic carbocycles. The first-order valence-corrected chi connectivity index (χ1v) is 5.73. The summed E-state index contributed by atoms with van der Waals surface area (Å²) < 4.78 is 0. The van der Waals surface area contributed by atoms with Crippen LogP contribution in [-0.2, 0) is 6.54 Å². The molecule has 0 saturated carbocycles. The van der Waals surface area contributed by atoms with Crippen LogP contribution in [0.3, 0.4) is 0 Å². The largest absolute Gasteiger partial charge is 0.359 e. The molecule has 2 rings (SSSR count). The number of nitrogens with one attached hydrogen (secondary N) is 1. The first-order valence-electron chi connectivity index (χ1n) is 4.91. The zero-order valence-corrected chi connectivity index (χ0v) is 9.90. The highest BCUT2D eigenvalue weighted by Crippen LogP contribution is 2.21. The van der Waals surface area contributed by atoms with Gasteiger partial charge in [-0.1, -0.05) is 0 Å². The standard InChI is InChI=1S/C10H10N4O2S/c1-7-12-5-8(17-7)6-13-10-9(14(15)16)3-2-4-11-10/h2-5H,6H2,1H3,(H,11,13). The minimum Gasteiger partial charge on any atom is -0.359 e. The highest BCUT2D eigenvalue weighted by atomic mass is 32.1. The second-order valence-electron chi connectivity index (χ2n) is 3.33. The number of pyridine rings is 1. The molecule has 88 valence electrons. The summed E-state index contributed by atoms with van der Waals surface area (Å²) in [5.41, 5.74) is -0.0197. The monoisotopic (exact) mass is 250 g/mol. The number of thiazole rings is 1. The molecule has 0 aliphatic heterocycles. The van der Waals surface area contributed by atoms with Crippen molar-refractivity contribution in [2.45, 2.75) is 13.5 Å². The van der Waals surface area contributed by atoms with Crippen molar-refractivity contribution < 1.29 is 4.92 Å². The van der Waals surface area contributed by atoms with Crippen molar-refractivity contribution in [3.8, 4) is 0 Å². The van der Waals surface area contributed by atoms with E-state index in [1.54, 1.807) is 23.6 Å². The van der Waals surface area contributed by atoms with Crippen LogP contribution in [0.1, 0.15) is 9.88 Å². The molecule has 6 nitrogen and oxygen atoms in total. The molecule has 17 heavy (non-hydrogen) atoms. The normalized spacial score (nSPS) is 10.2. The fourth-order valence-corrected chi connectivity index (χ4v) is 2.07. The molecule has 0 spiro atoms. The lowest BCUT2D eigenvalue weighted by Crippen LogP contribution is -2.03. The quantitative estimate of drug-likeness (QED) is 0.665. The molecule has 2 aromatic heterocycles. The van der Waals surface area contributed by atoms with Crippen LogP contribution < -0.4 is 5.32 Å². The predicted octanol–water partition coefficient (Wildman–Crippen LogP) is 2.37. The zero-order chi connectivity index (χ0) is 12.3. The third-order valence-electron chi connectivity index (χ3n) is 2.08. The summed E-state index contributed by atoms with van der Waals surface area (Å²) >= 11 is 1.55. The van der Waals surface area contributed by atoms with Gasteiger partial charge < -0.3 is 5.32 Å². The lowest BCUT2D eigenvalue weighted by atomic mass is 10.4. The van der Waals surface area contributed by atoms with Crippen molar-refractivity contribution in [3.05, 3.63) is 44.5 Å². The van der Waals surface area contributed by atoms with Crippen LogP contribution in [0.5, 0.6) is 0 Å². The van der Waals surface area contributed by atoms with E-state index in [1.165, 1.54) is 12.3 Å². The van der Waals surface area contributed by atoms with Crippen molar-refractivity contribution >= 4 is 22.8 Å². The van der Waals surface area contributed by atoms with Gasteiger partial charge in [-0.3, -0.25) is 10.1 Å². The lowest BCUT2D eigenvalue weighted by Gasteiger charge is -2.03. The maximum Gasteiger partial charge on any atom is 0.311 e. The highest BCUT2D eigenvalue weighted by molar-refractivity contribution is 7.11. The van der Waals surface area contributed by atoms with Gasteiger partial charge in [0.25, 0.3) is 0 Å². The van der Waals surface area contributed by atoms with Crippen molar-refractivity contribution in [1.82, 2.24) is 9.97 Å². The SMILES string of the molecule is Cc1ncc(CNc2ncccc2[N+](=O)[O-])s1. The molecule has 1 N–H and O–H groups in total. The molecule has 2 heterocycles. The first-order chi connectivity index (χ1) is 8.16. The molecule has 7 heteroatoms. The van der Waals surface area contributed by atoms with E-state index in [0.717, 1.165) is 9.88 Å². The second kappa shape index (κ2) is 4.88. The summed E-state index contributed by atoms with van der Waals surface area (Å²) in [5.74, 6) is 0.281. The molecule has 0 amide bonds. The first kappa shape index (κ1) is 11.5. The van der Waals surface area contributed by atoms with E-state index < -0.39 is 4.92 Å². The van der Waals surface area contributed by atoms with Crippen molar-refractivity contribution in [2.24, 2.45) is 0 Å². The van der Waals surface area contributed by atoms with Crippen LogP contribution in [0.15, 0.2) is 24.5 Å². The van der Waals surface area contributed by atoms with Crippen molar-refractivity contribution in [3.63, 3.8) is 0 Å². The van der Waals surface area contributed by atoms with Gasteiger partial charge in [0, 0.05) is 23.3 Å². The number of nitrogens with zero attached hydrogens (tertiary/aromatic N) is 3. The molecule has 2 aromatic rings. The average molecular weight is 250 g/mol. The lowest BCUT2D eigenvalue weighted by molar-refractivity contribution is -0.384. The van der Waals surface area contributed by atoms with E-state index in [9.17, 15) is 10.1 Å². The molecule has 0 radical (unpaired) electrons. The molecule has 0 fully saturated rings. The van der Waals surface area contributed by atoms with Gasteiger partial charge in [0.2, 0.25) is 5.82 Å². The Bertz CT molecular complexity index is 541. The molecule has 0 saturated heterocycles. The predicted molar refractivity (Wildman–Crippen MR) is 65.1 cm³/mol. The van der Waals surface area contributed by atoms with Gasteiger partial charge in [-0.15, -0.1) is 11.3 Å². The fourth-order valence-electron chi connectivity index (χ4n) is 1.34. The summed E-state index contributed by atoms with van der Waals surface area (Å²) in [4.78, 5) is 19.4. The Hall–Kier alpha value is -2.02. The number of rotatable bonds is 4. The smallest absolute Gasteiger partial charge is 0.311 e. The van der Waals surface area contributed by atoms with Crippen LogP contribution in [-0.4, -0.2) is 14.9 Å². The van der Waals surface area contributed by atoms with Crippen LogP contribution in [0.4, 0.5) is 11.5 Å². The number of anilines is 1. The van der Waals surface area contributed by atoms with E-state index in [2.05, 4.69) is 15.3 Å². The van der Waals surface area contributed by atoms with Gasteiger partial charge in [-0.2, -0.15) is 0 Å². The van der Waals surface area contributed by atoms with E-state index >= 15 is 0 Å². The third-order valence-corrected chi connectivity index (χ3v) is 3.00. The Kier molecular flexibility index (Phi) is 3.29. The van der Waals surface area contributed by atoms with Gasteiger partial charge in [0.05, 0.1) is 16.5 Å². The minimum atomic E-state index is -0.451. The molecule has 0 atom stereocenters. The fraction of sp³-hybridized carbons (Fsp3) is 0.200. The summed E-state index contributed by atoms with van der Waals surface area (Å²) in [5, 5.41) is 14.7. The Morgan fingerprint density at radius 1 is 1.53 bits per heavy atom. The summed E-state index contributed by atoms with van der Waals surface area (Å²) in [6.45, 7) is 2.40. The maximum atomic E-state index is 10.8. The van der Waals surface area contributed by atoms with Gasteiger partial charge >= 0.3 is 5.69 Å². The van der Waals surface area contributed by atoms with Crippen molar-refractivity contribution in [2.75, 3.05) is 5.32 Å². The Balaban J connectivity index is 2.11. The van der Waals surface area contributed by atoms with Gasteiger partial charge in [-0.05, 0) is 13.0 Å². The van der Waals surface area contributed by atoms with Crippen LogP contribution in [0, 0.1) is 17.0 Å². The van der Waals surface area contributed by atoms with E-state index in [-0.39, 0.29) is 11.5 Å². The summed E-state index contributed by atoms with van der Waals surface area (Å²) in [7, 11) is 0. The Morgan fingerprint density at radius 2 is 2.35 bits per heavy atom. The molecule has 0 aliphatic carbocycles. The van der Waals surface area contributed by atoms with Crippen LogP contribution in [0.25, 0.3) is 0 Å². The minimum absolute atomic E-state index is 0.0197. The Morgan fingerprint density at radius 3 is 3.00 bits per heavy atom. The van der Waals surface area contributed by atoms with Gasteiger partial charge in [-0.25, -0.2) is 9.97 Å². The molecule has 0 aliphatic rings. The van der Waals surface area contributed by atoms with E-state index in [1.807, 2.05) is 6.92 Å². The summed E-state index contributed by atoms with van der Waals surface area (Å²) in [6, 6.07) is 2.97.